The zero-order chi connectivity index (χ0) is 19.9. The highest BCUT2D eigenvalue weighted by Crippen LogP contribution is 2.21. The number of aromatic nitrogens is 2. The Kier molecular flexibility index (Phi) is 5.67. The zero-order valence-electron chi connectivity index (χ0n) is 16.2. The summed E-state index contributed by atoms with van der Waals surface area (Å²) in [6.07, 6.45) is 1.73. The van der Waals surface area contributed by atoms with Gasteiger partial charge in [-0.3, -0.25) is 0 Å². The molecule has 0 radical (unpaired) electrons. The Morgan fingerprint density at radius 3 is 2.21 bits per heavy atom. The maximum absolute atomic E-state index is 5.82. The van der Waals surface area contributed by atoms with E-state index in [4.69, 9.17) is 4.74 Å². The SMILES string of the molecule is Cc1ccc(Nc2ccnc(Nc3ccc(OCc4ccccc4)cc3)n2)cc1. The lowest BCUT2D eigenvalue weighted by molar-refractivity contribution is 0.306. The number of hydrogen-bond acceptors (Lipinski definition) is 5. The van der Waals surface area contributed by atoms with E-state index in [1.807, 2.05) is 72.8 Å². The van der Waals surface area contributed by atoms with Crippen LogP contribution in [0.5, 0.6) is 5.75 Å². The summed E-state index contributed by atoms with van der Waals surface area (Å²) < 4.78 is 5.82. The first kappa shape index (κ1) is 18.5. The van der Waals surface area contributed by atoms with E-state index in [0.717, 1.165) is 28.5 Å². The maximum Gasteiger partial charge on any atom is 0.229 e. The summed E-state index contributed by atoms with van der Waals surface area (Å²) in [5.74, 6) is 2.07. The normalized spacial score (nSPS) is 10.4. The molecule has 0 aliphatic rings. The Morgan fingerprint density at radius 1 is 0.759 bits per heavy atom. The monoisotopic (exact) mass is 382 g/mol. The highest BCUT2D eigenvalue weighted by molar-refractivity contribution is 5.60. The van der Waals surface area contributed by atoms with Crippen LogP contribution in [0.4, 0.5) is 23.1 Å². The second-order valence-electron chi connectivity index (χ2n) is 6.68. The van der Waals surface area contributed by atoms with Crippen molar-refractivity contribution in [1.29, 1.82) is 0 Å². The summed E-state index contributed by atoms with van der Waals surface area (Å²) in [5, 5.41) is 6.51. The molecule has 0 amide bonds. The van der Waals surface area contributed by atoms with Crippen LogP contribution >= 0.6 is 0 Å². The van der Waals surface area contributed by atoms with Crippen LogP contribution in [-0.2, 0) is 6.61 Å². The molecular formula is C24H22N4O. The quantitative estimate of drug-likeness (QED) is 0.420. The first-order valence-electron chi connectivity index (χ1n) is 9.45. The average molecular weight is 382 g/mol. The number of ether oxygens (including phenoxy) is 1. The molecule has 2 N–H and O–H groups in total. The van der Waals surface area contributed by atoms with Gasteiger partial charge in [0.05, 0.1) is 0 Å². The molecule has 144 valence electrons. The number of nitrogens with one attached hydrogen (secondary N) is 2. The summed E-state index contributed by atoms with van der Waals surface area (Å²) in [5.41, 5.74) is 4.24. The van der Waals surface area contributed by atoms with E-state index in [0.29, 0.717) is 12.6 Å². The number of benzene rings is 3. The van der Waals surface area contributed by atoms with Crippen LogP contribution < -0.4 is 15.4 Å². The van der Waals surface area contributed by atoms with Gasteiger partial charge in [-0.25, -0.2) is 4.98 Å². The van der Waals surface area contributed by atoms with Crippen LogP contribution in [0.3, 0.4) is 0 Å². The predicted octanol–water partition coefficient (Wildman–Crippen LogP) is 5.85. The number of aryl methyl sites for hydroxylation is 1. The third-order valence-electron chi connectivity index (χ3n) is 4.34. The maximum atomic E-state index is 5.82. The van der Waals surface area contributed by atoms with Crippen molar-refractivity contribution in [1.82, 2.24) is 9.97 Å². The molecule has 5 heteroatoms. The summed E-state index contributed by atoms with van der Waals surface area (Å²) in [7, 11) is 0. The molecule has 0 saturated heterocycles. The van der Waals surface area contributed by atoms with E-state index >= 15 is 0 Å². The lowest BCUT2D eigenvalue weighted by Gasteiger charge is -2.10. The van der Waals surface area contributed by atoms with Gasteiger partial charge < -0.3 is 15.4 Å². The number of anilines is 4. The van der Waals surface area contributed by atoms with Crippen LogP contribution in [0, 0.1) is 6.92 Å². The molecule has 0 bridgehead atoms. The Labute approximate surface area is 170 Å². The molecular weight excluding hydrogens is 360 g/mol. The molecule has 0 saturated carbocycles. The summed E-state index contributed by atoms with van der Waals surface area (Å²) in [4.78, 5) is 8.81. The van der Waals surface area contributed by atoms with Crippen LogP contribution in [0.1, 0.15) is 11.1 Å². The van der Waals surface area contributed by atoms with Crippen molar-refractivity contribution in [3.8, 4) is 5.75 Å². The molecule has 0 aliphatic carbocycles. The summed E-state index contributed by atoms with van der Waals surface area (Å²) >= 11 is 0. The third-order valence-corrected chi connectivity index (χ3v) is 4.34. The molecule has 29 heavy (non-hydrogen) atoms. The van der Waals surface area contributed by atoms with Crippen molar-refractivity contribution in [2.45, 2.75) is 13.5 Å². The van der Waals surface area contributed by atoms with Gasteiger partial charge in [-0.1, -0.05) is 48.0 Å². The molecule has 4 aromatic rings. The molecule has 1 heterocycles. The third kappa shape index (κ3) is 5.32. The fourth-order valence-electron chi connectivity index (χ4n) is 2.78. The number of nitrogens with zero attached hydrogens (tertiary/aromatic N) is 2. The van der Waals surface area contributed by atoms with Crippen molar-refractivity contribution in [3.63, 3.8) is 0 Å². The van der Waals surface area contributed by atoms with Crippen molar-refractivity contribution in [2.24, 2.45) is 0 Å². The lowest BCUT2D eigenvalue weighted by atomic mass is 10.2. The Bertz CT molecular complexity index is 1050. The topological polar surface area (TPSA) is 59.1 Å². The van der Waals surface area contributed by atoms with E-state index in [1.165, 1.54) is 5.56 Å². The van der Waals surface area contributed by atoms with Gasteiger partial charge in [0.2, 0.25) is 5.95 Å². The predicted molar refractivity (Wildman–Crippen MR) is 117 cm³/mol. The fraction of sp³-hybridized carbons (Fsp3) is 0.0833. The van der Waals surface area contributed by atoms with Gasteiger partial charge in [0.1, 0.15) is 18.2 Å². The van der Waals surface area contributed by atoms with Gasteiger partial charge >= 0.3 is 0 Å². The van der Waals surface area contributed by atoms with Gasteiger partial charge in [-0.2, -0.15) is 4.98 Å². The summed E-state index contributed by atoms with van der Waals surface area (Å²) in [6.45, 7) is 2.61. The van der Waals surface area contributed by atoms with E-state index in [9.17, 15) is 0 Å². The minimum absolute atomic E-state index is 0.528. The fourth-order valence-corrected chi connectivity index (χ4v) is 2.78. The highest BCUT2D eigenvalue weighted by Gasteiger charge is 2.02. The first-order valence-corrected chi connectivity index (χ1v) is 9.45. The largest absolute Gasteiger partial charge is 0.489 e. The molecule has 4 rings (SSSR count). The van der Waals surface area contributed by atoms with E-state index < -0.39 is 0 Å². The van der Waals surface area contributed by atoms with Crippen LogP contribution in [0.25, 0.3) is 0 Å². The van der Waals surface area contributed by atoms with Crippen molar-refractivity contribution >= 4 is 23.1 Å². The molecule has 0 atom stereocenters. The zero-order valence-corrected chi connectivity index (χ0v) is 16.2. The lowest BCUT2D eigenvalue weighted by Crippen LogP contribution is -2.00. The van der Waals surface area contributed by atoms with Crippen LogP contribution in [0.2, 0.25) is 0 Å². The Morgan fingerprint density at radius 2 is 1.45 bits per heavy atom. The van der Waals surface area contributed by atoms with Gasteiger partial charge in [0, 0.05) is 17.6 Å². The second-order valence-corrected chi connectivity index (χ2v) is 6.68. The van der Waals surface area contributed by atoms with E-state index in [2.05, 4.69) is 39.7 Å². The molecule has 0 spiro atoms. The summed E-state index contributed by atoms with van der Waals surface area (Å²) in [6, 6.07) is 27.9. The first-order chi connectivity index (χ1) is 14.2. The van der Waals surface area contributed by atoms with Gasteiger partial charge in [0.25, 0.3) is 0 Å². The highest BCUT2D eigenvalue weighted by atomic mass is 16.5. The average Bonchev–Trinajstić information content (AvgIpc) is 2.76. The van der Waals surface area contributed by atoms with Crippen LogP contribution in [0.15, 0.2) is 91.1 Å². The van der Waals surface area contributed by atoms with E-state index in [-0.39, 0.29) is 0 Å². The van der Waals surface area contributed by atoms with Crippen LogP contribution in [-0.4, -0.2) is 9.97 Å². The number of hydrogen-bond donors (Lipinski definition) is 2. The second kappa shape index (κ2) is 8.89. The molecule has 3 aromatic carbocycles. The molecule has 0 aliphatic heterocycles. The van der Waals surface area contributed by atoms with Gasteiger partial charge in [-0.15, -0.1) is 0 Å². The molecule has 0 fully saturated rings. The van der Waals surface area contributed by atoms with Crippen molar-refractivity contribution < 1.29 is 4.74 Å². The molecule has 1 aromatic heterocycles. The minimum atomic E-state index is 0.528. The molecule has 0 unspecified atom stereocenters. The van der Waals surface area contributed by atoms with Gasteiger partial charge in [0.15, 0.2) is 0 Å². The Balaban J connectivity index is 1.37. The minimum Gasteiger partial charge on any atom is -0.489 e. The van der Waals surface area contributed by atoms with Crippen molar-refractivity contribution in [2.75, 3.05) is 10.6 Å². The Hall–Kier alpha value is -3.86. The van der Waals surface area contributed by atoms with Gasteiger partial charge in [-0.05, 0) is 55.0 Å². The molecule has 5 nitrogen and oxygen atoms in total. The van der Waals surface area contributed by atoms with Crippen molar-refractivity contribution in [3.05, 3.63) is 102 Å². The standard InChI is InChI=1S/C24H22N4O/c1-18-7-9-20(10-8-18)26-23-15-16-25-24(28-23)27-21-11-13-22(14-12-21)29-17-19-5-3-2-4-6-19/h2-16H,17H2,1H3,(H2,25,26,27,28). The number of rotatable bonds is 7. The van der Waals surface area contributed by atoms with E-state index in [1.54, 1.807) is 6.20 Å². The smallest absolute Gasteiger partial charge is 0.229 e.